The van der Waals surface area contributed by atoms with Crippen LogP contribution in [0.1, 0.15) is 58.4 Å². The first-order valence-electron chi connectivity index (χ1n) is 11.3. The molecule has 0 aliphatic heterocycles. The largest absolute Gasteiger partial charge is 0.326 e. The standard InChI is InChI=1S/C26H30N2O/c1-25-12-5-6-20(25)19-10-9-17-14-18(29)15-24(26(17,2)21(19)11-13-25)28-16-27-22-7-3-4-8-23(22)28/h3-5,7-8,12,14,16,19-21,24H,6,9-11,13,15H2,1-2H3/t19-,20-,21-,24?,25-,26-/m0/s1. The predicted octanol–water partition coefficient (Wildman–Crippen LogP) is 5.89. The van der Waals surface area contributed by atoms with Gasteiger partial charge in [0, 0.05) is 11.8 Å². The number of benzene rings is 1. The van der Waals surface area contributed by atoms with Gasteiger partial charge in [0.05, 0.1) is 23.4 Å². The molecule has 6 atom stereocenters. The smallest absolute Gasteiger partial charge is 0.157 e. The van der Waals surface area contributed by atoms with Crippen molar-refractivity contribution in [2.24, 2.45) is 28.6 Å². The van der Waals surface area contributed by atoms with Gasteiger partial charge in [-0.2, -0.15) is 0 Å². The van der Waals surface area contributed by atoms with Crippen LogP contribution in [0.15, 0.2) is 54.4 Å². The Morgan fingerprint density at radius 2 is 2.00 bits per heavy atom. The molecule has 150 valence electrons. The van der Waals surface area contributed by atoms with Gasteiger partial charge in [0.1, 0.15) is 0 Å². The fourth-order valence-electron chi connectivity index (χ4n) is 7.71. The highest BCUT2D eigenvalue weighted by molar-refractivity contribution is 5.92. The van der Waals surface area contributed by atoms with Crippen molar-refractivity contribution in [3.63, 3.8) is 0 Å². The van der Waals surface area contributed by atoms with Gasteiger partial charge in [0.2, 0.25) is 0 Å². The molecule has 2 aromatic rings. The van der Waals surface area contributed by atoms with Gasteiger partial charge in [-0.05, 0) is 73.5 Å². The van der Waals surface area contributed by atoms with E-state index in [4.69, 9.17) is 0 Å². The summed E-state index contributed by atoms with van der Waals surface area (Å²) in [5.41, 5.74) is 4.04. The Kier molecular flexibility index (Phi) is 3.62. The zero-order valence-electron chi connectivity index (χ0n) is 17.5. The highest BCUT2D eigenvalue weighted by atomic mass is 16.1. The maximum atomic E-state index is 12.8. The number of nitrogens with zero attached hydrogens (tertiary/aromatic N) is 2. The van der Waals surface area contributed by atoms with Gasteiger partial charge >= 0.3 is 0 Å². The van der Waals surface area contributed by atoms with E-state index in [1.54, 1.807) is 0 Å². The molecule has 0 radical (unpaired) electrons. The van der Waals surface area contributed by atoms with Gasteiger partial charge in [-0.3, -0.25) is 4.79 Å². The number of rotatable bonds is 1. The molecule has 0 amide bonds. The Bertz CT molecular complexity index is 1060. The first-order valence-corrected chi connectivity index (χ1v) is 11.3. The molecule has 1 unspecified atom stereocenters. The van der Waals surface area contributed by atoms with Crippen molar-refractivity contribution >= 4 is 16.8 Å². The van der Waals surface area contributed by atoms with Crippen LogP contribution in [-0.2, 0) is 4.79 Å². The summed E-state index contributed by atoms with van der Waals surface area (Å²) in [4.78, 5) is 17.5. The fourth-order valence-corrected chi connectivity index (χ4v) is 7.71. The van der Waals surface area contributed by atoms with Crippen LogP contribution in [0.25, 0.3) is 11.0 Å². The topological polar surface area (TPSA) is 34.9 Å². The normalized spacial score (nSPS) is 41.0. The van der Waals surface area contributed by atoms with Crippen LogP contribution in [-0.4, -0.2) is 15.3 Å². The van der Waals surface area contributed by atoms with E-state index >= 15 is 0 Å². The molecular weight excluding hydrogens is 356 g/mol. The number of carbonyl (C=O) groups excluding carboxylic acids is 1. The third kappa shape index (κ3) is 2.30. The molecule has 6 rings (SSSR count). The Morgan fingerprint density at radius 1 is 1.14 bits per heavy atom. The van der Waals surface area contributed by atoms with E-state index in [0.717, 1.165) is 29.3 Å². The highest BCUT2D eigenvalue weighted by Gasteiger charge is 2.58. The minimum absolute atomic E-state index is 0.0459. The van der Waals surface area contributed by atoms with E-state index < -0.39 is 0 Å². The molecule has 2 saturated carbocycles. The molecule has 1 aromatic heterocycles. The van der Waals surface area contributed by atoms with E-state index in [2.05, 4.69) is 53.7 Å². The van der Waals surface area contributed by atoms with Crippen LogP contribution in [0, 0.1) is 28.6 Å². The summed E-state index contributed by atoms with van der Waals surface area (Å²) in [5.74, 6) is 2.48. The first-order chi connectivity index (χ1) is 14.0. The van der Waals surface area contributed by atoms with Crippen molar-refractivity contribution in [2.45, 2.75) is 58.4 Å². The number of aromatic nitrogens is 2. The van der Waals surface area contributed by atoms with Crippen molar-refractivity contribution in [3.05, 3.63) is 54.4 Å². The van der Waals surface area contributed by atoms with Gasteiger partial charge in [0.15, 0.2) is 5.78 Å². The molecule has 0 bridgehead atoms. The molecule has 0 spiro atoms. The zero-order valence-corrected chi connectivity index (χ0v) is 17.5. The Morgan fingerprint density at radius 3 is 2.90 bits per heavy atom. The molecule has 4 aliphatic rings. The first kappa shape index (κ1) is 17.7. The quantitative estimate of drug-likeness (QED) is 0.573. The minimum atomic E-state index is 0.0459. The number of hydrogen-bond acceptors (Lipinski definition) is 2. The van der Waals surface area contributed by atoms with Crippen LogP contribution < -0.4 is 0 Å². The third-order valence-electron chi connectivity index (χ3n) is 9.21. The summed E-state index contributed by atoms with van der Waals surface area (Å²) in [7, 11) is 0. The van der Waals surface area contributed by atoms with E-state index in [1.807, 2.05) is 18.5 Å². The van der Waals surface area contributed by atoms with Gasteiger partial charge in [-0.25, -0.2) is 4.98 Å². The lowest BCUT2D eigenvalue weighted by molar-refractivity contribution is -0.119. The molecule has 3 nitrogen and oxygen atoms in total. The molecule has 0 saturated heterocycles. The number of carbonyl (C=O) groups is 1. The average molecular weight is 387 g/mol. The van der Waals surface area contributed by atoms with Gasteiger partial charge in [-0.1, -0.05) is 43.7 Å². The minimum Gasteiger partial charge on any atom is -0.326 e. The summed E-state index contributed by atoms with van der Waals surface area (Å²) >= 11 is 0. The lowest BCUT2D eigenvalue weighted by Crippen LogP contribution is -2.53. The zero-order chi connectivity index (χ0) is 19.8. The van der Waals surface area contributed by atoms with Crippen molar-refractivity contribution < 1.29 is 4.79 Å². The highest BCUT2D eigenvalue weighted by Crippen LogP contribution is 2.66. The van der Waals surface area contributed by atoms with Gasteiger partial charge in [0.25, 0.3) is 0 Å². The lowest BCUT2D eigenvalue weighted by Gasteiger charge is -2.59. The monoisotopic (exact) mass is 386 g/mol. The van der Waals surface area contributed by atoms with E-state index in [9.17, 15) is 4.79 Å². The van der Waals surface area contributed by atoms with E-state index in [0.29, 0.717) is 23.5 Å². The molecule has 2 fully saturated rings. The molecule has 1 aromatic carbocycles. The number of ketones is 1. The second-order valence-corrected chi connectivity index (χ2v) is 10.4. The van der Waals surface area contributed by atoms with Crippen LogP contribution in [0.5, 0.6) is 0 Å². The van der Waals surface area contributed by atoms with Crippen molar-refractivity contribution in [1.29, 1.82) is 0 Å². The van der Waals surface area contributed by atoms with Crippen molar-refractivity contribution in [3.8, 4) is 0 Å². The van der Waals surface area contributed by atoms with Gasteiger partial charge < -0.3 is 4.57 Å². The summed E-state index contributed by atoms with van der Waals surface area (Å²) < 4.78 is 2.34. The number of fused-ring (bicyclic) bond motifs is 6. The van der Waals surface area contributed by atoms with E-state index in [1.165, 1.54) is 31.3 Å². The third-order valence-corrected chi connectivity index (χ3v) is 9.21. The van der Waals surface area contributed by atoms with Crippen molar-refractivity contribution in [1.82, 2.24) is 9.55 Å². The average Bonchev–Trinajstić information content (AvgIpc) is 3.31. The fraction of sp³-hybridized carbons (Fsp3) is 0.538. The second kappa shape index (κ2) is 5.93. The summed E-state index contributed by atoms with van der Waals surface area (Å²) in [5, 5.41) is 0. The SMILES string of the molecule is C[C@@]12C=CC[C@H]1[C@@H]1CCC3=CC(=O)CC(n4cnc5ccccc54)[C@]3(C)[C@H]1CC2. The van der Waals surface area contributed by atoms with Gasteiger partial charge in [-0.15, -0.1) is 0 Å². The molecular formula is C26H30N2O. The van der Waals surface area contributed by atoms with E-state index in [-0.39, 0.29) is 11.5 Å². The molecule has 3 heteroatoms. The van der Waals surface area contributed by atoms with Crippen LogP contribution in [0.3, 0.4) is 0 Å². The predicted molar refractivity (Wildman–Crippen MR) is 115 cm³/mol. The molecule has 4 aliphatic carbocycles. The number of allylic oxidation sites excluding steroid dienone is 4. The molecule has 1 heterocycles. The van der Waals surface area contributed by atoms with Crippen molar-refractivity contribution in [2.75, 3.05) is 0 Å². The molecule has 0 N–H and O–H groups in total. The maximum Gasteiger partial charge on any atom is 0.157 e. The lowest BCUT2D eigenvalue weighted by atomic mass is 9.46. The molecule has 29 heavy (non-hydrogen) atoms. The van der Waals surface area contributed by atoms with Crippen LogP contribution in [0.2, 0.25) is 0 Å². The summed E-state index contributed by atoms with van der Waals surface area (Å²) in [6.45, 7) is 4.96. The second-order valence-electron chi connectivity index (χ2n) is 10.4. The Labute approximate surface area is 172 Å². The number of hydrogen-bond donors (Lipinski definition) is 0. The van der Waals surface area contributed by atoms with Crippen LogP contribution in [0.4, 0.5) is 0 Å². The number of imidazole rings is 1. The van der Waals surface area contributed by atoms with Crippen LogP contribution >= 0.6 is 0 Å². The summed E-state index contributed by atoms with van der Waals surface area (Å²) in [6, 6.07) is 8.55. The Balaban J connectivity index is 1.48. The summed E-state index contributed by atoms with van der Waals surface area (Å²) in [6.07, 6.45) is 15.7. The number of para-hydroxylation sites is 2. The Hall–Kier alpha value is -2.16. The maximum absolute atomic E-state index is 12.8.